The van der Waals surface area contributed by atoms with Gasteiger partial charge in [0.1, 0.15) is 16.8 Å². The van der Waals surface area contributed by atoms with Crippen LogP contribution >= 0.6 is 23.3 Å². The molecule has 0 aliphatic carbocycles. The summed E-state index contributed by atoms with van der Waals surface area (Å²) in [7, 11) is 1.50. The number of fused-ring (bicyclic) bond motifs is 2. The first kappa shape index (κ1) is 22.5. The van der Waals surface area contributed by atoms with Gasteiger partial charge in [-0.05, 0) is 53.6 Å². The van der Waals surface area contributed by atoms with Crippen molar-refractivity contribution in [3.05, 3.63) is 94.3 Å². The quantitative estimate of drug-likeness (QED) is 0.335. The highest BCUT2D eigenvalue weighted by atomic mass is 35.5. The molecule has 2 aromatic heterocycles. The van der Waals surface area contributed by atoms with Gasteiger partial charge >= 0.3 is 5.97 Å². The average Bonchev–Trinajstić information content (AvgIpc) is 3.45. The standard InChI is InChI=1S/C26H17ClN4O4S/c1-34-23-7-4-16(13-18(23)27)26(33)17(10-14-2-5-19-21(11-14)29-9-8-28-19)24(25(32)35-26)15-3-6-20-22(12-15)31-36-30-20/h2-9,11-13,33H,10H2,1H3. The number of aromatic nitrogens is 4. The zero-order valence-corrected chi connectivity index (χ0v) is 20.4. The van der Waals surface area contributed by atoms with Crippen LogP contribution in [-0.2, 0) is 21.7 Å². The van der Waals surface area contributed by atoms with Crippen molar-refractivity contribution in [1.82, 2.24) is 18.7 Å². The molecule has 3 heterocycles. The Labute approximate surface area is 214 Å². The maximum absolute atomic E-state index is 13.3. The number of hydrogen-bond donors (Lipinski definition) is 1. The van der Waals surface area contributed by atoms with Crippen LogP contribution < -0.4 is 4.74 Å². The lowest BCUT2D eigenvalue weighted by atomic mass is 9.88. The van der Waals surface area contributed by atoms with Gasteiger partial charge < -0.3 is 14.6 Å². The summed E-state index contributed by atoms with van der Waals surface area (Å²) >= 11 is 7.45. The molecule has 8 nitrogen and oxygen atoms in total. The van der Waals surface area contributed by atoms with Crippen LogP contribution in [0.4, 0.5) is 0 Å². The van der Waals surface area contributed by atoms with E-state index in [1.807, 2.05) is 18.2 Å². The summed E-state index contributed by atoms with van der Waals surface area (Å²) in [6.45, 7) is 0. The molecule has 0 spiro atoms. The summed E-state index contributed by atoms with van der Waals surface area (Å²) in [5, 5.41) is 12.2. The number of hydrogen-bond acceptors (Lipinski definition) is 9. The lowest BCUT2D eigenvalue weighted by molar-refractivity contribution is -0.185. The molecule has 0 fully saturated rings. The van der Waals surface area contributed by atoms with E-state index in [0.29, 0.717) is 33.5 Å². The van der Waals surface area contributed by atoms with Gasteiger partial charge in [0.15, 0.2) is 0 Å². The van der Waals surface area contributed by atoms with Gasteiger partial charge in [-0.3, -0.25) is 9.97 Å². The van der Waals surface area contributed by atoms with Crippen LogP contribution in [0.1, 0.15) is 16.7 Å². The van der Waals surface area contributed by atoms with Crippen LogP contribution in [0.3, 0.4) is 0 Å². The Hall–Kier alpha value is -3.92. The zero-order valence-electron chi connectivity index (χ0n) is 18.8. The number of halogens is 1. The molecule has 6 rings (SSSR count). The largest absolute Gasteiger partial charge is 0.495 e. The third-order valence-electron chi connectivity index (χ3n) is 6.16. The number of cyclic esters (lactones) is 1. The molecule has 36 heavy (non-hydrogen) atoms. The first-order valence-electron chi connectivity index (χ1n) is 10.9. The second-order valence-electron chi connectivity index (χ2n) is 8.26. The predicted molar refractivity (Wildman–Crippen MR) is 136 cm³/mol. The normalized spacial score (nSPS) is 17.7. The zero-order chi connectivity index (χ0) is 24.9. The number of esters is 1. The Bertz CT molecular complexity index is 1700. The van der Waals surface area contributed by atoms with E-state index in [2.05, 4.69) is 18.7 Å². The van der Waals surface area contributed by atoms with E-state index in [1.54, 1.807) is 42.7 Å². The molecule has 1 N–H and O–H groups in total. The van der Waals surface area contributed by atoms with Crippen molar-refractivity contribution in [3.63, 3.8) is 0 Å². The van der Waals surface area contributed by atoms with Crippen LogP contribution in [0.15, 0.2) is 72.6 Å². The second-order valence-corrected chi connectivity index (χ2v) is 9.20. The first-order valence-corrected chi connectivity index (χ1v) is 12.0. The summed E-state index contributed by atoms with van der Waals surface area (Å²) in [6.07, 6.45) is 3.45. The number of nitrogens with zero attached hydrogens (tertiary/aromatic N) is 4. The molecule has 0 bridgehead atoms. The minimum atomic E-state index is -2.05. The molecular weight excluding hydrogens is 500 g/mol. The minimum absolute atomic E-state index is 0.209. The van der Waals surface area contributed by atoms with Crippen molar-refractivity contribution in [2.24, 2.45) is 0 Å². The SMILES string of the molecule is COc1ccc(C2(O)OC(=O)C(c3ccc4nsnc4c3)=C2Cc2ccc3nccnc3c2)cc1Cl. The van der Waals surface area contributed by atoms with Crippen molar-refractivity contribution in [2.45, 2.75) is 12.2 Å². The highest BCUT2D eigenvalue weighted by molar-refractivity contribution is 7.00. The number of ether oxygens (including phenoxy) is 2. The van der Waals surface area contributed by atoms with Crippen molar-refractivity contribution < 1.29 is 19.4 Å². The Balaban J connectivity index is 1.54. The van der Waals surface area contributed by atoms with Gasteiger partial charge in [-0.2, -0.15) is 8.75 Å². The van der Waals surface area contributed by atoms with Crippen LogP contribution in [-0.4, -0.2) is 36.9 Å². The summed E-state index contributed by atoms with van der Waals surface area (Å²) in [6, 6.07) is 15.7. The molecule has 3 aromatic carbocycles. The number of carbonyl (C=O) groups excluding carboxylic acids is 1. The van der Waals surface area contributed by atoms with E-state index in [4.69, 9.17) is 21.1 Å². The fourth-order valence-corrected chi connectivity index (χ4v) is 5.19. The lowest BCUT2D eigenvalue weighted by Crippen LogP contribution is -2.29. The minimum Gasteiger partial charge on any atom is -0.495 e. The fourth-order valence-electron chi connectivity index (χ4n) is 4.41. The van der Waals surface area contributed by atoms with Crippen molar-refractivity contribution in [2.75, 3.05) is 7.11 Å². The van der Waals surface area contributed by atoms with Gasteiger partial charge in [0.05, 0.1) is 40.5 Å². The van der Waals surface area contributed by atoms with Crippen LogP contribution in [0, 0.1) is 0 Å². The topological polar surface area (TPSA) is 107 Å². The number of benzene rings is 3. The third kappa shape index (κ3) is 3.69. The first-order chi connectivity index (χ1) is 17.5. The number of aliphatic hydroxyl groups is 1. The van der Waals surface area contributed by atoms with E-state index in [-0.39, 0.29) is 17.0 Å². The van der Waals surface area contributed by atoms with Crippen LogP contribution in [0.5, 0.6) is 5.75 Å². The molecule has 10 heteroatoms. The molecule has 1 atom stereocenters. The smallest absolute Gasteiger partial charge is 0.342 e. The van der Waals surface area contributed by atoms with E-state index in [9.17, 15) is 9.90 Å². The van der Waals surface area contributed by atoms with Crippen molar-refractivity contribution in [3.8, 4) is 5.75 Å². The molecule has 178 valence electrons. The van der Waals surface area contributed by atoms with E-state index in [0.717, 1.165) is 28.3 Å². The molecule has 0 amide bonds. The number of carbonyl (C=O) groups is 1. The Morgan fingerprint density at radius 3 is 2.56 bits per heavy atom. The molecule has 1 aliphatic rings. The molecule has 0 saturated carbocycles. The number of rotatable bonds is 5. The Morgan fingerprint density at radius 1 is 0.972 bits per heavy atom. The van der Waals surface area contributed by atoms with Gasteiger partial charge in [-0.15, -0.1) is 0 Å². The average molecular weight is 517 g/mol. The Kier molecular flexibility index (Phi) is 5.40. The van der Waals surface area contributed by atoms with E-state index >= 15 is 0 Å². The van der Waals surface area contributed by atoms with Crippen LogP contribution in [0.25, 0.3) is 27.6 Å². The molecule has 5 aromatic rings. The summed E-state index contributed by atoms with van der Waals surface area (Å²) in [4.78, 5) is 22.0. The van der Waals surface area contributed by atoms with Gasteiger partial charge in [0.2, 0.25) is 0 Å². The molecule has 1 unspecified atom stereocenters. The van der Waals surface area contributed by atoms with Crippen LogP contribution in [0.2, 0.25) is 5.02 Å². The summed E-state index contributed by atoms with van der Waals surface area (Å²) in [5.41, 5.74) is 5.17. The highest BCUT2D eigenvalue weighted by Gasteiger charge is 2.48. The molecule has 0 saturated heterocycles. The third-order valence-corrected chi connectivity index (χ3v) is 7.01. The van der Waals surface area contributed by atoms with Gasteiger partial charge in [0.25, 0.3) is 5.79 Å². The van der Waals surface area contributed by atoms with E-state index < -0.39 is 11.8 Å². The highest BCUT2D eigenvalue weighted by Crippen LogP contribution is 2.46. The second kappa shape index (κ2) is 8.63. The maximum atomic E-state index is 13.3. The lowest BCUT2D eigenvalue weighted by Gasteiger charge is -2.26. The Morgan fingerprint density at radius 2 is 1.75 bits per heavy atom. The molecular formula is C26H17ClN4O4S. The number of methoxy groups -OCH3 is 1. The predicted octanol–water partition coefficient (Wildman–Crippen LogP) is 4.69. The summed E-state index contributed by atoms with van der Waals surface area (Å²) in [5.74, 6) is -2.26. The fraction of sp³-hybridized carbons (Fsp3) is 0.115. The van der Waals surface area contributed by atoms with E-state index in [1.165, 1.54) is 13.2 Å². The van der Waals surface area contributed by atoms with Gasteiger partial charge in [0, 0.05) is 30.0 Å². The van der Waals surface area contributed by atoms with Crippen molar-refractivity contribution in [1.29, 1.82) is 0 Å². The molecule has 0 radical (unpaired) electrons. The van der Waals surface area contributed by atoms with Gasteiger partial charge in [-0.1, -0.05) is 23.7 Å². The monoisotopic (exact) mass is 516 g/mol. The maximum Gasteiger partial charge on any atom is 0.342 e. The van der Waals surface area contributed by atoms with Gasteiger partial charge in [-0.25, -0.2) is 4.79 Å². The molecule has 1 aliphatic heterocycles. The summed E-state index contributed by atoms with van der Waals surface area (Å²) < 4.78 is 19.4. The van der Waals surface area contributed by atoms with Crippen molar-refractivity contribution >= 4 is 56.9 Å².